The van der Waals surface area contributed by atoms with Crippen molar-refractivity contribution < 1.29 is 9.59 Å². The molecule has 0 bridgehead atoms. The van der Waals surface area contributed by atoms with E-state index in [9.17, 15) is 9.59 Å². The Balaban J connectivity index is 2.10. The molecule has 4 heteroatoms. The number of rotatable bonds is 4. The molecule has 2 atom stereocenters. The third kappa shape index (κ3) is 2.81. The minimum Gasteiger partial charge on any atom is -0.299 e. The molecule has 0 saturated heterocycles. The molecule has 0 amide bonds. The van der Waals surface area contributed by atoms with Crippen LogP contribution in [0.2, 0.25) is 0 Å². The molecule has 96 valence electrons. The smallest absolute Gasteiger partial charge is 0.210 e. The summed E-state index contributed by atoms with van der Waals surface area (Å²) in [4.78, 5) is 32.0. The molecule has 1 aromatic heterocycles. The van der Waals surface area contributed by atoms with Crippen LogP contribution in [-0.4, -0.2) is 21.5 Å². The fourth-order valence-corrected chi connectivity index (χ4v) is 2.61. The first-order valence-corrected chi connectivity index (χ1v) is 6.56. The average molecular weight is 246 g/mol. The van der Waals surface area contributed by atoms with E-state index in [1.165, 1.54) is 12.4 Å². The Morgan fingerprint density at radius 1 is 1.39 bits per heavy atom. The first-order valence-electron chi connectivity index (χ1n) is 6.56. The number of carbonyl (C=O) groups excluding carboxylic acids is 2. The Morgan fingerprint density at radius 3 is 2.78 bits per heavy atom. The fourth-order valence-electron chi connectivity index (χ4n) is 2.61. The molecule has 1 heterocycles. The fraction of sp³-hybridized carbons (Fsp3) is 0.571. The van der Waals surface area contributed by atoms with Gasteiger partial charge in [0.2, 0.25) is 5.78 Å². The van der Waals surface area contributed by atoms with Gasteiger partial charge in [0.1, 0.15) is 5.78 Å². The van der Waals surface area contributed by atoms with Crippen molar-refractivity contribution in [2.24, 2.45) is 11.8 Å². The zero-order chi connectivity index (χ0) is 13.0. The summed E-state index contributed by atoms with van der Waals surface area (Å²) in [6.07, 6.45) is 7.38. The minimum atomic E-state index is -0.516. The lowest BCUT2D eigenvalue weighted by molar-refractivity contribution is -0.124. The normalized spacial score (nSPS) is 23.9. The quantitative estimate of drug-likeness (QED) is 0.604. The van der Waals surface area contributed by atoms with Gasteiger partial charge in [-0.1, -0.05) is 19.8 Å². The molecule has 0 aliphatic heterocycles. The highest BCUT2D eigenvalue weighted by molar-refractivity contribution is 6.09. The molecule has 2 unspecified atom stereocenters. The number of ketones is 2. The van der Waals surface area contributed by atoms with Crippen LogP contribution in [0, 0.1) is 11.8 Å². The van der Waals surface area contributed by atoms with Gasteiger partial charge < -0.3 is 0 Å². The first kappa shape index (κ1) is 12.9. The Labute approximate surface area is 107 Å². The zero-order valence-corrected chi connectivity index (χ0v) is 10.6. The second kappa shape index (κ2) is 5.85. The van der Waals surface area contributed by atoms with Gasteiger partial charge >= 0.3 is 0 Å². The summed E-state index contributed by atoms with van der Waals surface area (Å²) in [7, 11) is 0. The molecule has 1 aliphatic rings. The third-order valence-corrected chi connectivity index (χ3v) is 3.56. The number of Topliss-reactive ketones (excluding diaryl/α,β-unsaturated/α-hetero) is 2. The highest BCUT2D eigenvalue weighted by Gasteiger charge is 2.34. The number of aromatic nitrogens is 2. The summed E-state index contributed by atoms with van der Waals surface area (Å²) in [6, 6.07) is 1.67. The molecule has 4 nitrogen and oxygen atoms in total. The predicted molar refractivity (Wildman–Crippen MR) is 67.1 cm³/mol. The molecule has 18 heavy (non-hydrogen) atoms. The Bertz CT molecular complexity index is 431. The van der Waals surface area contributed by atoms with Gasteiger partial charge in [0.15, 0.2) is 5.82 Å². The van der Waals surface area contributed by atoms with Crippen LogP contribution in [0.1, 0.15) is 49.6 Å². The van der Waals surface area contributed by atoms with Gasteiger partial charge in [-0.15, -0.1) is 0 Å². The van der Waals surface area contributed by atoms with Gasteiger partial charge in [0.25, 0.3) is 0 Å². The van der Waals surface area contributed by atoms with Crippen molar-refractivity contribution in [1.82, 2.24) is 9.97 Å². The van der Waals surface area contributed by atoms with Gasteiger partial charge in [-0.3, -0.25) is 9.59 Å². The van der Waals surface area contributed by atoms with Crippen LogP contribution < -0.4 is 0 Å². The van der Waals surface area contributed by atoms with Crippen LogP contribution in [-0.2, 0) is 4.79 Å². The second-order valence-electron chi connectivity index (χ2n) is 4.88. The van der Waals surface area contributed by atoms with Crippen LogP contribution in [0.5, 0.6) is 0 Å². The Morgan fingerprint density at radius 2 is 2.11 bits per heavy atom. The first-order chi connectivity index (χ1) is 8.72. The molecule has 0 N–H and O–H groups in total. The maximum atomic E-state index is 12.2. The van der Waals surface area contributed by atoms with Crippen LogP contribution in [0.25, 0.3) is 0 Å². The number of carbonyl (C=O) groups is 2. The van der Waals surface area contributed by atoms with Crippen LogP contribution in [0.15, 0.2) is 18.5 Å². The van der Waals surface area contributed by atoms with Crippen LogP contribution >= 0.6 is 0 Å². The molecule has 1 aromatic rings. The summed E-state index contributed by atoms with van der Waals surface area (Å²) in [6.45, 7) is 2.13. The van der Waals surface area contributed by atoms with Crippen molar-refractivity contribution in [2.75, 3.05) is 0 Å². The van der Waals surface area contributed by atoms with Crippen molar-refractivity contribution in [3.8, 4) is 0 Å². The Hall–Kier alpha value is -1.58. The average Bonchev–Trinajstić information content (AvgIpc) is 2.41. The van der Waals surface area contributed by atoms with Gasteiger partial charge in [0, 0.05) is 18.8 Å². The molecule has 0 aromatic carbocycles. The second-order valence-corrected chi connectivity index (χ2v) is 4.88. The van der Waals surface area contributed by atoms with E-state index < -0.39 is 5.92 Å². The summed E-state index contributed by atoms with van der Waals surface area (Å²) in [5.74, 6) is -0.00253. The topological polar surface area (TPSA) is 59.9 Å². The largest absolute Gasteiger partial charge is 0.299 e. The number of hydrogen-bond acceptors (Lipinski definition) is 4. The van der Waals surface area contributed by atoms with E-state index in [0.717, 1.165) is 19.3 Å². The number of hydrogen-bond donors (Lipinski definition) is 0. The molecule has 2 rings (SSSR count). The minimum absolute atomic E-state index is 0.0554. The maximum Gasteiger partial charge on any atom is 0.210 e. The molecule has 1 aliphatic carbocycles. The molecular formula is C14H18N2O2. The lowest BCUT2D eigenvalue weighted by atomic mass is 9.76. The number of nitrogens with zero attached hydrogens (tertiary/aromatic N) is 2. The van der Waals surface area contributed by atoms with E-state index in [1.54, 1.807) is 6.07 Å². The molecule has 1 fully saturated rings. The van der Waals surface area contributed by atoms with Gasteiger partial charge in [0.05, 0.1) is 5.92 Å². The van der Waals surface area contributed by atoms with E-state index in [-0.39, 0.29) is 17.4 Å². The van der Waals surface area contributed by atoms with E-state index in [1.807, 2.05) is 0 Å². The van der Waals surface area contributed by atoms with Gasteiger partial charge in [-0.05, 0) is 24.8 Å². The highest BCUT2D eigenvalue weighted by atomic mass is 16.2. The molecule has 0 spiro atoms. The predicted octanol–water partition coefficient (Wildman–Crippen LogP) is 2.44. The van der Waals surface area contributed by atoms with Crippen LogP contribution in [0.4, 0.5) is 0 Å². The van der Waals surface area contributed by atoms with Crippen LogP contribution in [0.3, 0.4) is 0 Å². The SMILES string of the molecule is CCCC1CCC(=O)C(C(=O)c2ncccn2)C1. The summed E-state index contributed by atoms with van der Waals surface area (Å²) in [5, 5.41) is 0. The van der Waals surface area contributed by atoms with E-state index in [2.05, 4.69) is 16.9 Å². The van der Waals surface area contributed by atoms with Gasteiger partial charge in [-0.2, -0.15) is 0 Å². The molecular weight excluding hydrogens is 228 g/mol. The third-order valence-electron chi connectivity index (χ3n) is 3.56. The highest BCUT2D eigenvalue weighted by Crippen LogP contribution is 2.31. The lowest BCUT2D eigenvalue weighted by Crippen LogP contribution is -2.32. The standard InChI is InChI=1S/C14H18N2O2/c1-2-4-10-5-6-12(17)11(9-10)13(18)14-15-7-3-8-16-14/h3,7-8,10-11H,2,4-6,9H2,1H3. The van der Waals surface area contributed by atoms with Gasteiger partial charge in [-0.25, -0.2) is 9.97 Å². The summed E-state index contributed by atoms with van der Waals surface area (Å²) < 4.78 is 0. The summed E-state index contributed by atoms with van der Waals surface area (Å²) >= 11 is 0. The van der Waals surface area contributed by atoms with Crippen molar-refractivity contribution in [1.29, 1.82) is 0 Å². The van der Waals surface area contributed by atoms with Crippen molar-refractivity contribution in [2.45, 2.75) is 39.0 Å². The molecule has 1 saturated carbocycles. The molecule has 0 radical (unpaired) electrons. The van der Waals surface area contributed by atoms with Crippen molar-refractivity contribution in [3.05, 3.63) is 24.3 Å². The van der Waals surface area contributed by atoms with E-state index >= 15 is 0 Å². The lowest BCUT2D eigenvalue weighted by Gasteiger charge is -2.26. The summed E-state index contributed by atoms with van der Waals surface area (Å²) in [5.41, 5.74) is 0. The maximum absolute atomic E-state index is 12.2. The van der Waals surface area contributed by atoms with E-state index in [4.69, 9.17) is 0 Å². The monoisotopic (exact) mass is 246 g/mol. The van der Waals surface area contributed by atoms with Crippen molar-refractivity contribution in [3.63, 3.8) is 0 Å². The van der Waals surface area contributed by atoms with Crippen molar-refractivity contribution >= 4 is 11.6 Å². The zero-order valence-electron chi connectivity index (χ0n) is 10.6. The Kier molecular flexibility index (Phi) is 4.18. The van der Waals surface area contributed by atoms with E-state index in [0.29, 0.717) is 18.8 Å².